The van der Waals surface area contributed by atoms with Crippen LogP contribution in [0.5, 0.6) is 5.75 Å². The fourth-order valence-corrected chi connectivity index (χ4v) is 2.27. The van der Waals surface area contributed by atoms with Gasteiger partial charge in [-0.3, -0.25) is 0 Å². The molecule has 0 N–H and O–H groups in total. The van der Waals surface area contributed by atoms with Crippen LogP contribution in [0.2, 0.25) is 0 Å². The summed E-state index contributed by atoms with van der Waals surface area (Å²) in [7, 11) is 1.34. The summed E-state index contributed by atoms with van der Waals surface area (Å²) in [6, 6.07) is 7.88. The molecule has 1 fully saturated rings. The number of hydrogen-bond donors (Lipinski definition) is 0. The second kappa shape index (κ2) is 6.61. The number of rotatable bonds is 6. The zero-order valence-electron chi connectivity index (χ0n) is 14.5. The van der Waals surface area contributed by atoms with Crippen molar-refractivity contribution < 1.29 is 18.8 Å². The van der Waals surface area contributed by atoms with Crippen LogP contribution in [0, 0.1) is 0 Å². The Labute approximate surface area is 134 Å². The molecule has 0 spiro atoms. The third-order valence-electron chi connectivity index (χ3n) is 4.61. The summed E-state index contributed by atoms with van der Waals surface area (Å²) in [4.78, 5) is 0. The van der Waals surface area contributed by atoms with Crippen LogP contribution in [-0.2, 0) is 14.0 Å². The molecule has 1 saturated heterocycles. The van der Waals surface area contributed by atoms with Crippen LogP contribution in [0.1, 0.15) is 41.0 Å². The molecule has 2 rings (SSSR count). The van der Waals surface area contributed by atoms with Gasteiger partial charge in [-0.1, -0.05) is 19.1 Å². The second-order valence-electron chi connectivity index (χ2n) is 6.74. The summed E-state index contributed by atoms with van der Waals surface area (Å²) in [6.45, 7) is 10.8. The highest BCUT2D eigenvalue weighted by Gasteiger charge is 2.51. The Hall–Kier alpha value is -1.04. The van der Waals surface area contributed by atoms with Crippen molar-refractivity contribution in [1.82, 2.24) is 0 Å². The van der Waals surface area contributed by atoms with Gasteiger partial charge in [0, 0.05) is 7.11 Å². The van der Waals surface area contributed by atoms with Gasteiger partial charge in [0.05, 0.1) is 17.3 Å². The van der Waals surface area contributed by atoms with E-state index in [0.29, 0.717) is 6.61 Å². The molecule has 4 nitrogen and oxygen atoms in total. The van der Waals surface area contributed by atoms with Gasteiger partial charge < -0.3 is 18.8 Å². The summed E-state index contributed by atoms with van der Waals surface area (Å²) in [6.07, 6.45) is 1.04. The molecule has 0 aromatic heterocycles. The zero-order chi connectivity index (χ0) is 16.4. The summed E-state index contributed by atoms with van der Waals surface area (Å²) in [5, 5.41) is 0. The van der Waals surface area contributed by atoms with Crippen LogP contribution < -0.4 is 10.2 Å². The average Bonchev–Trinajstić information content (AvgIpc) is 2.69. The van der Waals surface area contributed by atoms with Crippen molar-refractivity contribution in [2.45, 2.75) is 58.3 Å². The first-order valence-electron chi connectivity index (χ1n) is 7.90. The lowest BCUT2D eigenvalue weighted by atomic mass is 9.79. The lowest BCUT2D eigenvalue weighted by Gasteiger charge is -2.32. The van der Waals surface area contributed by atoms with Crippen molar-refractivity contribution in [3.8, 4) is 5.75 Å². The molecule has 0 radical (unpaired) electrons. The molecular weight excluding hydrogens is 279 g/mol. The molecular formula is C17H27BO4. The van der Waals surface area contributed by atoms with Crippen molar-refractivity contribution in [1.29, 1.82) is 0 Å². The van der Waals surface area contributed by atoms with Crippen LogP contribution >= 0.6 is 0 Å². The normalized spacial score (nSPS) is 20.9. The Morgan fingerprint density at radius 3 is 2.32 bits per heavy atom. The number of ether oxygens (including phenoxy) is 2. The number of benzene rings is 1. The first kappa shape index (κ1) is 17.3. The zero-order valence-corrected chi connectivity index (χ0v) is 14.5. The Balaban J connectivity index is 2.06. The standard InChI is InChI=1S/C17H27BO4/c1-7-14(19-6)12-20-15-10-8-9-13(11-15)18-21-16(2,3)17(4,5)22-18/h8-11,14H,7,12H2,1-6H3. The van der Waals surface area contributed by atoms with E-state index in [2.05, 4.69) is 34.6 Å². The van der Waals surface area contributed by atoms with E-state index in [1.54, 1.807) is 7.11 Å². The summed E-state index contributed by atoms with van der Waals surface area (Å²) in [5.74, 6) is 0.808. The molecule has 22 heavy (non-hydrogen) atoms. The van der Waals surface area contributed by atoms with Crippen LogP contribution in [0.15, 0.2) is 24.3 Å². The Bertz CT molecular complexity index is 481. The smallest absolute Gasteiger partial charge is 0.491 e. The monoisotopic (exact) mass is 306 g/mol. The fourth-order valence-electron chi connectivity index (χ4n) is 2.27. The number of hydrogen-bond acceptors (Lipinski definition) is 4. The van der Waals surface area contributed by atoms with Gasteiger partial charge in [0.15, 0.2) is 0 Å². The minimum absolute atomic E-state index is 0.112. The van der Waals surface area contributed by atoms with Gasteiger partial charge in [0.2, 0.25) is 0 Å². The maximum absolute atomic E-state index is 6.07. The first-order valence-corrected chi connectivity index (χ1v) is 7.90. The van der Waals surface area contributed by atoms with E-state index < -0.39 is 0 Å². The SMILES string of the molecule is CCC(COc1cccc(B2OC(C)(C)C(C)(C)O2)c1)OC. The summed E-state index contributed by atoms with van der Waals surface area (Å²) >= 11 is 0. The third-order valence-corrected chi connectivity index (χ3v) is 4.61. The molecule has 1 aromatic rings. The molecule has 0 aliphatic carbocycles. The molecule has 0 amide bonds. The molecule has 1 aromatic carbocycles. The van der Waals surface area contributed by atoms with E-state index in [-0.39, 0.29) is 24.4 Å². The highest BCUT2D eigenvalue weighted by molar-refractivity contribution is 6.62. The van der Waals surface area contributed by atoms with Gasteiger partial charge in [0.1, 0.15) is 12.4 Å². The molecule has 0 saturated carbocycles. The van der Waals surface area contributed by atoms with E-state index in [0.717, 1.165) is 17.6 Å². The Kier molecular flexibility index (Phi) is 5.20. The summed E-state index contributed by atoms with van der Waals surface area (Å²) in [5.41, 5.74) is 0.303. The first-order chi connectivity index (χ1) is 10.3. The molecule has 0 bridgehead atoms. The van der Waals surface area contributed by atoms with Crippen molar-refractivity contribution in [3.05, 3.63) is 24.3 Å². The topological polar surface area (TPSA) is 36.9 Å². The van der Waals surface area contributed by atoms with E-state index >= 15 is 0 Å². The second-order valence-corrected chi connectivity index (χ2v) is 6.74. The predicted octanol–water partition coefficient (Wildman–Crippen LogP) is 2.79. The molecule has 1 heterocycles. The Morgan fingerprint density at radius 1 is 1.14 bits per heavy atom. The van der Waals surface area contributed by atoms with Gasteiger partial charge in [-0.25, -0.2) is 0 Å². The lowest BCUT2D eigenvalue weighted by molar-refractivity contribution is 0.00578. The highest BCUT2D eigenvalue weighted by Crippen LogP contribution is 2.36. The predicted molar refractivity (Wildman–Crippen MR) is 88.7 cm³/mol. The summed E-state index contributed by atoms with van der Waals surface area (Å²) < 4.78 is 23.3. The van der Waals surface area contributed by atoms with Gasteiger partial charge in [0.25, 0.3) is 0 Å². The maximum Gasteiger partial charge on any atom is 0.494 e. The molecule has 122 valence electrons. The van der Waals surface area contributed by atoms with Crippen molar-refractivity contribution >= 4 is 12.6 Å². The van der Waals surface area contributed by atoms with Crippen LogP contribution in [0.25, 0.3) is 0 Å². The number of methoxy groups -OCH3 is 1. The molecule has 5 heteroatoms. The quantitative estimate of drug-likeness (QED) is 0.757. The Morgan fingerprint density at radius 2 is 1.77 bits per heavy atom. The minimum Gasteiger partial charge on any atom is -0.491 e. The lowest BCUT2D eigenvalue weighted by Crippen LogP contribution is -2.41. The van der Waals surface area contributed by atoms with Crippen molar-refractivity contribution in [2.75, 3.05) is 13.7 Å². The molecule has 1 unspecified atom stereocenters. The van der Waals surface area contributed by atoms with Gasteiger partial charge in [-0.15, -0.1) is 0 Å². The van der Waals surface area contributed by atoms with Crippen molar-refractivity contribution in [3.63, 3.8) is 0 Å². The van der Waals surface area contributed by atoms with Crippen LogP contribution in [0.4, 0.5) is 0 Å². The van der Waals surface area contributed by atoms with Crippen LogP contribution in [0.3, 0.4) is 0 Å². The van der Waals surface area contributed by atoms with Crippen LogP contribution in [-0.4, -0.2) is 38.1 Å². The highest BCUT2D eigenvalue weighted by atomic mass is 16.7. The van der Waals surface area contributed by atoms with Gasteiger partial charge in [-0.05, 0) is 51.7 Å². The average molecular weight is 306 g/mol. The van der Waals surface area contributed by atoms with E-state index in [1.165, 1.54) is 0 Å². The largest absolute Gasteiger partial charge is 0.494 e. The fraction of sp³-hybridized carbons (Fsp3) is 0.647. The third kappa shape index (κ3) is 3.65. The van der Waals surface area contributed by atoms with Crippen molar-refractivity contribution in [2.24, 2.45) is 0 Å². The van der Waals surface area contributed by atoms with E-state index in [1.807, 2.05) is 24.3 Å². The molecule has 1 atom stereocenters. The van der Waals surface area contributed by atoms with E-state index in [9.17, 15) is 0 Å². The van der Waals surface area contributed by atoms with E-state index in [4.69, 9.17) is 18.8 Å². The molecule has 1 aliphatic rings. The minimum atomic E-state index is -0.363. The molecule has 1 aliphatic heterocycles. The van der Waals surface area contributed by atoms with Gasteiger partial charge in [-0.2, -0.15) is 0 Å². The maximum atomic E-state index is 6.07. The van der Waals surface area contributed by atoms with Gasteiger partial charge >= 0.3 is 7.12 Å².